The lowest BCUT2D eigenvalue weighted by Gasteiger charge is -2.17. The second kappa shape index (κ2) is 6.27. The summed E-state index contributed by atoms with van der Waals surface area (Å²) in [5.41, 5.74) is 0. The summed E-state index contributed by atoms with van der Waals surface area (Å²) < 4.78 is 0. The molecule has 1 aliphatic carbocycles. The standard InChI is InChI=1S/C12H20N2O3/c1-3-8(2)14-12(17)13-7-9-5-4-6-10(9)11(15)16/h3,8-10H,1,4-7H2,2H3,(H,15,16)(H2,13,14,17). The van der Waals surface area contributed by atoms with Crippen molar-refractivity contribution in [2.24, 2.45) is 11.8 Å². The van der Waals surface area contributed by atoms with Crippen molar-refractivity contribution < 1.29 is 14.7 Å². The molecule has 0 aromatic heterocycles. The topological polar surface area (TPSA) is 78.4 Å². The highest BCUT2D eigenvalue weighted by Crippen LogP contribution is 2.31. The zero-order chi connectivity index (χ0) is 12.8. The van der Waals surface area contributed by atoms with E-state index < -0.39 is 5.97 Å². The van der Waals surface area contributed by atoms with E-state index in [-0.39, 0.29) is 23.9 Å². The monoisotopic (exact) mass is 240 g/mol. The third-order valence-electron chi connectivity index (χ3n) is 3.21. The Labute approximate surface area is 101 Å². The molecule has 5 heteroatoms. The molecule has 3 atom stereocenters. The van der Waals surface area contributed by atoms with Gasteiger partial charge in [0.25, 0.3) is 0 Å². The summed E-state index contributed by atoms with van der Waals surface area (Å²) in [7, 11) is 0. The third kappa shape index (κ3) is 4.09. The Kier molecular flexibility index (Phi) is 5.00. The number of carboxylic acids is 1. The first-order valence-electron chi connectivity index (χ1n) is 5.94. The van der Waals surface area contributed by atoms with Gasteiger partial charge in [0.15, 0.2) is 0 Å². The second-order valence-electron chi connectivity index (χ2n) is 4.51. The maximum absolute atomic E-state index is 11.4. The highest BCUT2D eigenvalue weighted by Gasteiger charge is 2.32. The number of urea groups is 1. The first-order valence-corrected chi connectivity index (χ1v) is 5.94. The smallest absolute Gasteiger partial charge is 0.315 e. The number of rotatable bonds is 5. The lowest BCUT2D eigenvalue weighted by atomic mass is 9.96. The predicted molar refractivity (Wildman–Crippen MR) is 64.7 cm³/mol. The van der Waals surface area contributed by atoms with E-state index in [1.54, 1.807) is 6.08 Å². The Morgan fingerprint density at radius 1 is 1.53 bits per heavy atom. The molecule has 17 heavy (non-hydrogen) atoms. The molecular weight excluding hydrogens is 220 g/mol. The van der Waals surface area contributed by atoms with Crippen molar-refractivity contribution in [3.8, 4) is 0 Å². The van der Waals surface area contributed by atoms with Gasteiger partial charge in [0.05, 0.1) is 5.92 Å². The molecule has 1 aliphatic rings. The first kappa shape index (κ1) is 13.5. The van der Waals surface area contributed by atoms with Gasteiger partial charge in [-0.15, -0.1) is 6.58 Å². The van der Waals surface area contributed by atoms with E-state index in [1.165, 1.54) is 0 Å². The fraction of sp³-hybridized carbons (Fsp3) is 0.667. The molecule has 0 saturated heterocycles. The number of carboxylic acid groups (broad SMARTS) is 1. The summed E-state index contributed by atoms with van der Waals surface area (Å²) in [6, 6.07) is -0.359. The first-order chi connectivity index (χ1) is 8.04. The van der Waals surface area contributed by atoms with Crippen LogP contribution in [-0.2, 0) is 4.79 Å². The number of hydrogen-bond donors (Lipinski definition) is 3. The Hall–Kier alpha value is -1.52. The number of hydrogen-bond acceptors (Lipinski definition) is 2. The fourth-order valence-corrected chi connectivity index (χ4v) is 2.15. The summed E-state index contributed by atoms with van der Waals surface area (Å²) in [6.07, 6.45) is 4.14. The van der Waals surface area contributed by atoms with Gasteiger partial charge in [-0.25, -0.2) is 4.79 Å². The van der Waals surface area contributed by atoms with Crippen molar-refractivity contribution >= 4 is 12.0 Å². The van der Waals surface area contributed by atoms with Crippen LogP contribution in [0.2, 0.25) is 0 Å². The molecule has 0 spiro atoms. The van der Waals surface area contributed by atoms with Crippen LogP contribution in [0.3, 0.4) is 0 Å². The van der Waals surface area contributed by atoms with Crippen LogP contribution < -0.4 is 10.6 Å². The van der Waals surface area contributed by atoms with E-state index in [1.807, 2.05) is 6.92 Å². The highest BCUT2D eigenvalue weighted by molar-refractivity contribution is 5.74. The molecule has 0 bridgehead atoms. The molecule has 0 aromatic rings. The van der Waals surface area contributed by atoms with Gasteiger partial charge >= 0.3 is 12.0 Å². The molecule has 1 rings (SSSR count). The average molecular weight is 240 g/mol. The van der Waals surface area contributed by atoms with E-state index in [2.05, 4.69) is 17.2 Å². The van der Waals surface area contributed by atoms with Crippen LogP contribution in [0, 0.1) is 11.8 Å². The van der Waals surface area contributed by atoms with Crippen LogP contribution in [0.1, 0.15) is 26.2 Å². The molecule has 0 aromatic carbocycles. The molecule has 96 valence electrons. The lowest BCUT2D eigenvalue weighted by molar-refractivity contribution is -0.142. The number of nitrogens with one attached hydrogen (secondary N) is 2. The maximum Gasteiger partial charge on any atom is 0.315 e. The number of aliphatic carboxylic acids is 1. The van der Waals surface area contributed by atoms with Gasteiger partial charge in [-0.2, -0.15) is 0 Å². The van der Waals surface area contributed by atoms with Crippen LogP contribution in [-0.4, -0.2) is 29.7 Å². The van der Waals surface area contributed by atoms with Gasteiger partial charge in [0, 0.05) is 12.6 Å². The summed E-state index contributed by atoms with van der Waals surface area (Å²) >= 11 is 0. The minimum atomic E-state index is -0.755. The normalized spacial score (nSPS) is 25.0. The van der Waals surface area contributed by atoms with Crippen molar-refractivity contribution in [3.05, 3.63) is 12.7 Å². The zero-order valence-electron chi connectivity index (χ0n) is 10.1. The number of carbonyl (C=O) groups is 2. The van der Waals surface area contributed by atoms with Gasteiger partial charge in [-0.3, -0.25) is 4.79 Å². The molecule has 2 amide bonds. The molecule has 0 radical (unpaired) electrons. The fourth-order valence-electron chi connectivity index (χ4n) is 2.15. The highest BCUT2D eigenvalue weighted by atomic mass is 16.4. The van der Waals surface area contributed by atoms with Gasteiger partial charge < -0.3 is 15.7 Å². The molecule has 0 aliphatic heterocycles. The van der Waals surface area contributed by atoms with E-state index in [0.29, 0.717) is 13.0 Å². The Morgan fingerprint density at radius 3 is 2.82 bits per heavy atom. The molecule has 3 N–H and O–H groups in total. The van der Waals surface area contributed by atoms with E-state index in [0.717, 1.165) is 12.8 Å². The van der Waals surface area contributed by atoms with E-state index in [9.17, 15) is 9.59 Å². The third-order valence-corrected chi connectivity index (χ3v) is 3.21. The average Bonchev–Trinajstić information content (AvgIpc) is 2.74. The van der Waals surface area contributed by atoms with Gasteiger partial charge in [-0.1, -0.05) is 12.5 Å². The summed E-state index contributed by atoms with van der Waals surface area (Å²) in [5, 5.41) is 14.4. The van der Waals surface area contributed by atoms with Gasteiger partial charge in [-0.05, 0) is 25.7 Å². The van der Waals surface area contributed by atoms with E-state index in [4.69, 9.17) is 5.11 Å². The van der Waals surface area contributed by atoms with Crippen LogP contribution >= 0.6 is 0 Å². The second-order valence-corrected chi connectivity index (χ2v) is 4.51. The summed E-state index contributed by atoms with van der Waals surface area (Å²) in [6.45, 7) is 5.81. The molecule has 1 fully saturated rings. The minimum absolute atomic E-state index is 0.0530. The number of carbonyl (C=O) groups excluding carboxylic acids is 1. The van der Waals surface area contributed by atoms with Crippen molar-refractivity contribution in [2.75, 3.05) is 6.54 Å². The van der Waals surface area contributed by atoms with Gasteiger partial charge in [0.2, 0.25) is 0 Å². The van der Waals surface area contributed by atoms with Crippen molar-refractivity contribution in [1.29, 1.82) is 0 Å². The Balaban J connectivity index is 2.32. The van der Waals surface area contributed by atoms with Gasteiger partial charge in [0.1, 0.15) is 0 Å². The zero-order valence-corrected chi connectivity index (χ0v) is 10.1. The molecular formula is C12H20N2O3. The van der Waals surface area contributed by atoms with Crippen LogP contribution in [0.5, 0.6) is 0 Å². The van der Waals surface area contributed by atoms with Crippen LogP contribution in [0.15, 0.2) is 12.7 Å². The minimum Gasteiger partial charge on any atom is -0.481 e. The Bertz CT molecular complexity index is 304. The number of amides is 2. The van der Waals surface area contributed by atoms with E-state index >= 15 is 0 Å². The summed E-state index contributed by atoms with van der Waals surface area (Å²) in [5.74, 6) is -1.02. The molecule has 3 unspecified atom stereocenters. The maximum atomic E-state index is 11.4. The largest absolute Gasteiger partial charge is 0.481 e. The molecule has 1 saturated carbocycles. The quantitative estimate of drug-likeness (QED) is 0.635. The van der Waals surface area contributed by atoms with Crippen molar-refractivity contribution in [3.63, 3.8) is 0 Å². The Morgan fingerprint density at radius 2 is 2.24 bits per heavy atom. The lowest BCUT2D eigenvalue weighted by Crippen LogP contribution is -2.42. The molecule has 0 heterocycles. The summed E-state index contributed by atoms with van der Waals surface area (Å²) in [4.78, 5) is 22.4. The van der Waals surface area contributed by atoms with Crippen LogP contribution in [0.25, 0.3) is 0 Å². The van der Waals surface area contributed by atoms with Crippen LogP contribution in [0.4, 0.5) is 4.79 Å². The SMILES string of the molecule is C=CC(C)NC(=O)NCC1CCCC1C(=O)O. The van der Waals surface area contributed by atoms with Crippen molar-refractivity contribution in [2.45, 2.75) is 32.2 Å². The van der Waals surface area contributed by atoms with Crippen molar-refractivity contribution in [1.82, 2.24) is 10.6 Å². The molecule has 5 nitrogen and oxygen atoms in total. The predicted octanol–water partition coefficient (Wildman–Crippen LogP) is 1.36.